The highest BCUT2D eigenvalue weighted by Gasteiger charge is 2.25. The first kappa shape index (κ1) is 11.6. The van der Waals surface area contributed by atoms with Crippen LogP contribution in [0.25, 0.3) is 10.9 Å². The van der Waals surface area contributed by atoms with Crippen LogP contribution in [0.2, 0.25) is 0 Å². The maximum Gasteiger partial charge on any atom is 0.171 e. The molecule has 0 amide bonds. The summed E-state index contributed by atoms with van der Waals surface area (Å²) < 4.78 is 0. The topological polar surface area (TPSA) is 50.2 Å². The van der Waals surface area contributed by atoms with E-state index in [9.17, 15) is 9.90 Å². The highest BCUT2D eigenvalue weighted by Crippen LogP contribution is 2.32. The third kappa shape index (κ3) is 2.00. The lowest BCUT2D eigenvalue weighted by molar-refractivity contribution is 0.0855. The van der Waals surface area contributed by atoms with E-state index in [1.165, 1.54) is 0 Å². The molecule has 17 heavy (non-hydrogen) atoms. The van der Waals surface area contributed by atoms with Crippen molar-refractivity contribution in [2.75, 3.05) is 0 Å². The zero-order valence-electron chi connectivity index (χ0n) is 10.2. The van der Waals surface area contributed by atoms with Crippen LogP contribution in [-0.2, 0) is 0 Å². The van der Waals surface area contributed by atoms with E-state index in [1.54, 1.807) is 30.5 Å². The summed E-state index contributed by atoms with van der Waals surface area (Å²) in [4.78, 5) is 16.3. The Hall–Kier alpha value is -1.90. The molecule has 0 aliphatic rings. The molecule has 1 aromatic heterocycles. The molecule has 0 aliphatic heterocycles. The summed E-state index contributed by atoms with van der Waals surface area (Å²) in [6.45, 7) is 5.51. The molecule has 1 aromatic carbocycles. The van der Waals surface area contributed by atoms with Gasteiger partial charge in [-0.25, -0.2) is 0 Å². The molecule has 2 aromatic rings. The molecule has 0 fully saturated rings. The molecule has 0 atom stereocenters. The smallest absolute Gasteiger partial charge is 0.171 e. The zero-order valence-corrected chi connectivity index (χ0v) is 10.2. The highest BCUT2D eigenvalue weighted by atomic mass is 16.3. The minimum atomic E-state index is -0.507. The molecular formula is C14H15NO2. The number of carbonyl (C=O) groups excluding carboxylic acids is 1. The number of fused-ring (bicyclic) bond motifs is 1. The van der Waals surface area contributed by atoms with Crippen molar-refractivity contribution < 1.29 is 9.90 Å². The summed E-state index contributed by atoms with van der Waals surface area (Å²) in [7, 11) is 0. The molecule has 0 bridgehead atoms. The Kier molecular flexibility index (Phi) is 2.62. The second-order valence-corrected chi connectivity index (χ2v) is 5.11. The van der Waals surface area contributed by atoms with Crippen LogP contribution in [0.15, 0.2) is 30.5 Å². The van der Waals surface area contributed by atoms with Crippen LogP contribution in [0.3, 0.4) is 0 Å². The van der Waals surface area contributed by atoms with Gasteiger partial charge in [0, 0.05) is 17.0 Å². The van der Waals surface area contributed by atoms with Gasteiger partial charge in [-0.1, -0.05) is 20.8 Å². The van der Waals surface area contributed by atoms with Crippen LogP contribution in [0.1, 0.15) is 31.1 Å². The fourth-order valence-electron chi connectivity index (χ4n) is 1.72. The normalized spacial score (nSPS) is 11.7. The molecule has 0 radical (unpaired) electrons. The second kappa shape index (κ2) is 3.84. The average Bonchev–Trinajstić information content (AvgIpc) is 2.28. The summed E-state index contributed by atoms with van der Waals surface area (Å²) in [5.41, 5.74) is 0.543. The quantitative estimate of drug-likeness (QED) is 0.764. The van der Waals surface area contributed by atoms with Crippen molar-refractivity contribution in [3.63, 3.8) is 0 Å². The summed E-state index contributed by atoms with van der Waals surface area (Å²) in [5, 5.41) is 10.7. The molecule has 1 heterocycles. The molecule has 1 N–H and O–H groups in total. The number of hydrogen-bond donors (Lipinski definition) is 1. The standard InChI is InChI=1S/C14H15NO2/c1-14(2,3)13(17)10-6-7-11-9(12(10)16)5-4-8-15-11/h4-8,16H,1-3H3. The molecule has 0 unspecified atom stereocenters. The molecular weight excluding hydrogens is 214 g/mol. The van der Waals surface area contributed by atoms with Crippen LogP contribution in [0, 0.1) is 5.41 Å². The van der Waals surface area contributed by atoms with Crippen molar-refractivity contribution in [3.8, 4) is 5.75 Å². The number of rotatable bonds is 1. The van der Waals surface area contributed by atoms with Gasteiger partial charge >= 0.3 is 0 Å². The van der Waals surface area contributed by atoms with Gasteiger partial charge in [0.05, 0.1) is 11.1 Å². The first-order valence-electron chi connectivity index (χ1n) is 5.53. The lowest BCUT2D eigenvalue weighted by Crippen LogP contribution is -2.20. The Morgan fingerprint density at radius 2 is 1.94 bits per heavy atom. The average molecular weight is 229 g/mol. The van der Waals surface area contributed by atoms with Crippen molar-refractivity contribution in [1.82, 2.24) is 4.98 Å². The zero-order chi connectivity index (χ0) is 12.6. The van der Waals surface area contributed by atoms with Gasteiger partial charge < -0.3 is 5.11 Å². The first-order valence-corrected chi connectivity index (χ1v) is 5.53. The third-order valence-corrected chi connectivity index (χ3v) is 2.68. The molecule has 3 nitrogen and oxygen atoms in total. The van der Waals surface area contributed by atoms with Gasteiger partial charge in [-0.05, 0) is 24.3 Å². The van der Waals surface area contributed by atoms with E-state index in [1.807, 2.05) is 20.8 Å². The van der Waals surface area contributed by atoms with Crippen LogP contribution >= 0.6 is 0 Å². The second-order valence-electron chi connectivity index (χ2n) is 5.11. The lowest BCUT2D eigenvalue weighted by atomic mass is 9.85. The Morgan fingerprint density at radius 1 is 1.24 bits per heavy atom. The van der Waals surface area contributed by atoms with E-state index in [2.05, 4.69) is 4.98 Å². The Balaban J connectivity index is 2.65. The van der Waals surface area contributed by atoms with Gasteiger partial charge in [0.15, 0.2) is 5.78 Å². The Labute approximate surface area is 100 Å². The van der Waals surface area contributed by atoms with E-state index < -0.39 is 5.41 Å². The minimum absolute atomic E-state index is 0.0236. The number of carbonyl (C=O) groups is 1. The third-order valence-electron chi connectivity index (χ3n) is 2.68. The van der Waals surface area contributed by atoms with Gasteiger partial charge in [0.25, 0.3) is 0 Å². The van der Waals surface area contributed by atoms with E-state index in [0.717, 1.165) is 0 Å². The van der Waals surface area contributed by atoms with E-state index in [0.29, 0.717) is 16.5 Å². The minimum Gasteiger partial charge on any atom is -0.506 e. The van der Waals surface area contributed by atoms with Crippen LogP contribution < -0.4 is 0 Å². The van der Waals surface area contributed by atoms with E-state index in [4.69, 9.17) is 0 Å². The molecule has 88 valence electrons. The van der Waals surface area contributed by atoms with Crippen molar-refractivity contribution in [2.45, 2.75) is 20.8 Å². The number of pyridine rings is 1. The summed E-state index contributed by atoms with van der Waals surface area (Å²) in [6, 6.07) is 6.90. The summed E-state index contributed by atoms with van der Waals surface area (Å²) in [5.74, 6) is -0.0451. The summed E-state index contributed by atoms with van der Waals surface area (Å²) >= 11 is 0. The fourth-order valence-corrected chi connectivity index (χ4v) is 1.72. The number of phenolic OH excluding ortho intramolecular Hbond substituents is 1. The lowest BCUT2D eigenvalue weighted by Gasteiger charge is -2.17. The number of hydrogen-bond acceptors (Lipinski definition) is 3. The monoisotopic (exact) mass is 229 g/mol. The number of benzene rings is 1. The predicted octanol–water partition coefficient (Wildman–Crippen LogP) is 3.17. The predicted molar refractivity (Wildman–Crippen MR) is 67.2 cm³/mol. The number of aromatic nitrogens is 1. The van der Waals surface area contributed by atoms with Crippen LogP contribution in [-0.4, -0.2) is 15.9 Å². The maximum absolute atomic E-state index is 12.2. The first-order chi connectivity index (χ1) is 7.91. The van der Waals surface area contributed by atoms with E-state index in [-0.39, 0.29) is 11.5 Å². The molecule has 2 rings (SSSR count). The SMILES string of the molecule is CC(C)(C)C(=O)c1ccc2ncccc2c1O. The number of ketones is 1. The summed E-state index contributed by atoms with van der Waals surface area (Å²) in [6.07, 6.45) is 1.66. The van der Waals surface area contributed by atoms with Crippen molar-refractivity contribution in [3.05, 3.63) is 36.0 Å². The maximum atomic E-state index is 12.2. The molecule has 0 aliphatic carbocycles. The van der Waals surface area contributed by atoms with Crippen molar-refractivity contribution in [1.29, 1.82) is 0 Å². The van der Waals surface area contributed by atoms with E-state index >= 15 is 0 Å². The Bertz CT molecular complexity index is 582. The van der Waals surface area contributed by atoms with Gasteiger partial charge in [-0.3, -0.25) is 9.78 Å². The largest absolute Gasteiger partial charge is 0.506 e. The number of nitrogens with zero attached hydrogens (tertiary/aromatic N) is 1. The molecule has 0 saturated carbocycles. The molecule has 0 spiro atoms. The molecule has 0 saturated heterocycles. The molecule has 3 heteroatoms. The van der Waals surface area contributed by atoms with Crippen molar-refractivity contribution >= 4 is 16.7 Å². The fraction of sp³-hybridized carbons (Fsp3) is 0.286. The van der Waals surface area contributed by atoms with Gasteiger partial charge in [0.2, 0.25) is 0 Å². The van der Waals surface area contributed by atoms with Crippen LogP contribution in [0.5, 0.6) is 5.75 Å². The highest BCUT2D eigenvalue weighted by molar-refractivity contribution is 6.06. The van der Waals surface area contributed by atoms with Crippen molar-refractivity contribution in [2.24, 2.45) is 5.41 Å². The van der Waals surface area contributed by atoms with Crippen LogP contribution in [0.4, 0.5) is 0 Å². The van der Waals surface area contributed by atoms with Gasteiger partial charge in [-0.2, -0.15) is 0 Å². The van der Waals surface area contributed by atoms with Gasteiger partial charge in [-0.15, -0.1) is 0 Å². The number of Topliss-reactive ketones (excluding diaryl/α,β-unsaturated/α-hetero) is 1. The van der Waals surface area contributed by atoms with Gasteiger partial charge in [0.1, 0.15) is 5.75 Å². The Morgan fingerprint density at radius 3 is 2.59 bits per heavy atom. The number of aromatic hydroxyl groups is 1. The number of phenols is 1.